The topological polar surface area (TPSA) is 138 Å². The number of rotatable bonds is 12. The van der Waals surface area contributed by atoms with E-state index in [1.165, 1.54) is 7.11 Å². The van der Waals surface area contributed by atoms with E-state index >= 15 is 0 Å². The van der Waals surface area contributed by atoms with Gasteiger partial charge in [-0.2, -0.15) is 0 Å². The normalized spacial score (nSPS) is 21.0. The van der Waals surface area contributed by atoms with Crippen molar-refractivity contribution in [2.24, 2.45) is 0 Å². The van der Waals surface area contributed by atoms with Gasteiger partial charge in [0.05, 0.1) is 39.4 Å². The van der Waals surface area contributed by atoms with Crippen LogP contribution in [-0.2, 0) is 22.6 Å². The third-order valence-corrected chi connectivity index (χ3v) is 7.41. The number of benzene rings is 2. The van der Waals surface area contributed by atoms with Gasteiger partial charge in [0.2, 0.25) is 11.8 Å². The van der Waals surface area contributed by atoms with Crippen LogP contribution in [0.1, 0.15) is 42.4 Å². The number of aliphatic hydroxyl groups excluding tert-OH is 3. The molecule has 2 amide bonds. The lowest BCUT2D eigenvalue weighted by atomic mass is 9.77. The molecule has 40 heavy (non-hydrogen) atoms. The Balaban J connectivity index is 1.75. The molecule has 216 valence electrons. The molecule has 0 fully saturated rings. The van der Waals surface area contributed by atoms with Crippen LogP contribution >= 0.6 is 0 Å². The molecule has 1 aliphatic heterocycles. The Morgan fingerprint density at radius 3 is 2.58 bits per heavy atom. The molecule has 0 saturated carbocycles. The predicted molar refractivity (Wildman–Crippen MR) is 147 cm³/mol. The first-order valence-corrected chi connectivity index (χ1v) is 13.6. The second-order valence-corrected chi connectivity index (χ2v) is 9.96. The summed E-state index contributed by atoms with van der Waals surface area (Å²) in [5.74, 6) is 0.239. The number of methoxy groups -OCH3 is 2. The summed E-state index contributed by atoms with van der Waals surface area (Å²) in [7, 11) is 3.08. The standard InChI is InChI=1S/C30H38N2O8/c1-4-6-25(35)32(11-9-18-7-5-8-20(13-18)38-2)23-16-22(30(37)31-10-12-33)26-21-14-19(17-34)15-24(39-3)28(21)40-29(26)27(23)36/h5,7-8,13-16,23,26-27,29,33-34,36H,4,6,9-12,17H2,1-3H3,(H,31,37). The van der Waals surface area contributed by atoms with E-state index in [9.17, 15) is 24.9 Å². The number of hydrogen-bond donors (Lipinski definition) is 4. The number of aliphatic hydroxyl groups is 3. The maximum atomic E-state index is 13.4. The van der Waals surface area contributed by atoms with Gasteiger partial charge in [-0.1, -0.05) is 19.1 Å². The molecule has 1 aliphatic carbocycles. The SMILES string of the molecule is CCCC(=O)N(CCc1cccc(OC)c1)C1C=C(C(=O)NCCO)C2c3cc(CO)cc(OC)c3OC2C1O. The molecule has 0 aromatic heterocycles. The summed E-state index contributed by atoms with van der Waals surface area (Å²) in [6, 6.07) is 10.1. The third kappa shape index (κ3) is 5.94. The fraction of sp³-hybridized carbons (Fsp3) is 0.467. The van der Waals surface area contributed by atoms with Crippen molar-refractivity contribution < 1.29 is 39.1 Å². The van der Waals surface area contributed by atoms with Crippen molar-refractivity contribution in [3.8, 4) is 17.2 Å². The molecule has 2 aromatic rings. The van der Waals surface area contributed by atoms with Crippen molar-refractivity contribution in [1.82, 2.24) is 10.2 Å². The van der Waals surface area contributed by atoms with Gasteiger partial charge in [0.15, 0.2) is 11.5 Å². The van der Waals surface area contributed by atoms with E-state index in [1.54, 1.807) is 30.2 Å². The van der Waals surface area contributed by atoms with Gasteiger partial charge in [-0.3, -0.25) is 9.59 Å². The molecule has 0 saturated heterocycles. The highest BCUT2D eigenvalue weighted by Gasteiger charge is 2.51. The zero-order valence-corrected chi connectivity index (χ0v) is 23.1. The zero-order valence-electron chi connectivity index (χ0n) is 23.1. The van der Waals surface area contributed by atoms with Crippen LogP contribution in [-0.4, -0.2) is 84.2 Å². The minimum absolute atomic E-state index is 0.0445. The van der Waals surface area contributed by atoms with Gasteiger partial charge >= 0.3 is 0 Å². The van der Waals surface area contributed by atoms with Crippen molar-refractivity contribution in [3.63, 3.8) is 0 Å². The second kappa shape index (κ2) is 13.2. The van der Waals surface area contributed by atoms with E-state index in [-0.39, 0.29) is 32.1 Å². The smallest absolute Gasteiger partial charge is 0.247 e. The molecular formula is C30H38N2O8. The monoisotopic (exact) mass is 554 g/mol. The molecule has 1 heterocycles. The van der Waals surface area contributed by atoms with Crippen molar-refractivity contribution in [2.75, 3.05) is 33.9 Å². The maximum absolute atomic E-state index is 13.4. The summed E-state index contributed by atoms with van der Waals surface area (Å²) >= 11 is 0. The number of carbonyl (C=O) groups excluding carboxylic acids is 2. The number of fused-ring (bicyclic) bond motifs is 3. The predicted octanol–water partition coefficient (Wildman–Crippen LogP) is 1.69. The minimum atomic E-state index is -1.15. The summed E-state index contributed by atoms with van der Waals surface area (Å²) in [6.07, 6.45) is 1.04. The van der Waals surface area contributed by atoms with Crippen LogP contribution < -0.4 is 19.5 Å². The van der Waals surface area contributed by atoms with E-state index in [0.29, 0.717) is 53.3 Å². The van der Waals surface area contributed by atoms with Gasteiger partial charge in [-0.05, 0) is 54.3 Å². The lowest BCUT2D eigenvalue weighted by Gasteiger charge is -2.41. The molecule has 4 N–H and O–H groups in total. The van der Waals surface area contributed by atoms with Crippen LogP contribution in [0.3, 0.4) is 0 Å². The van der Waals surface area contributed by atoms with Crippen molar-refractivity contribution in [2.45, 2.75) is 57.0 Å². The molecule has 10 heteroatoms. The van der Waals surface area contributed by atoms with Crippen LogP contribution in [0.4, 0.5) is 0 Å². The average Bonchev–Trinajstić information content (AvgIpc) is 3.36. The number of hydrogen-bond acceptors (Lipinski definition) is 8. The van der Waals surface area contributed by atoms with Gasteiger partial charge < -0.3 is 39.7 Å². The Morgan fingerprint density at radius 2 is 1.90 bits per heavy atom. The van der Waals surface area contributed by atoms with E-state index in [4.69, 9.17) is 14.2 Å². The summed E-state index contributed by atoms with van der Waals surface area (Å²) in [5, 5.41) is 33.5. The lowest BCUT2D eigenvalue weighted by Crippen LogP contribution is -2.56. The Labute approximate surface area is 234 Å². The highest BCUT2D eigenvalue weighted by molar-refractivity contribution is 5.96. The van der Waals surface area contributed by atoms with Crippen LogP contribution in [0.2, 0.25) is 0 Å². The number of ether oxygens (including phenoxy) is 3. The molecule has 0 bridgehead atoms. The first kappa shape index (κ1) is 29.4. The Kier molecular flexibility index (Phi) is 9.67. The van der Waals surface area contributed by atoms with Crippen molar-refractivity contribution >= 4 is 11.8 Å². The highest BCUT2D eigenvalue weighted by atomic mass is 16.5. The lowest BCUT2D eigenvalue weighted by molar-refractivity contribution is -0.137. The Hall–Kier alpha value is -3.60. The quantitative estimate of drug-likeness (QED) is 0.311. The maximum Gasteiger partial charge on any atom is 0.247 e. The molecule has 10 nitrogen and oxygen atoms in total. The van der Waals surface area contributed by atoms with Gasteiger partial charge in [-0.25, -0.2) is 0 Å². The zero-order chi connectivity index (χ0) is 28.8. The molecule has 4 rings (SSSR count). The fourth-order valence-electron chi connectivity index (χ4n) is 5.49. The molecule has 0 radical (unpaired) electrons. The molecule has 2 aromatic carbocycles. The summed E-state index contributed by atoms with van der Waals surface area (Å²) in [5.41, 5.74) is 2.47. The van der Waals surface area contributed by atoms with Crippen LogP contribution in [0.25, 0.3) is 0 Å². The molecule has 4 atom stereocenters. The van der Waals surface area contributed by atoms with E-state index in [0.717, 1.165) is 5.56 Å². The first-order chi connectivity index (χ1) is 19.4. The number of carbonyl (C=O) groups is 2. The van der Waals surface area contributed by atoms with E-state index < -0.39 is 30.1 Å². The molecule has 2 aliphatic rings. The average molecular weight is 555 g/mol. The Morgan fingerprint density at radius 1 is 1.10 bits per heavy atom. The Bertz CT molecular complexity index is 1250. The molecule has 4 unspecified atom stereocenters. The minimum Gasteiger partial charge on any atom is -0.497 e. The van der Waals surface area contributed by atoms with Gasteiger partial charge in [0, 0.05) is 30.6 Å². The second-order valence-electron chi connectivity index (χ2n) is 9.96. The number of nitrogens with one attached hydrogen (secondary N) is 1. The number of amides is 2. The van der Waals surface area contributed by atoms with Crippen molar-refractivity contribution in [1.29, 1.82) is 0 Å². The van der Waals surface area contributed by atoms with Gasteiger partial charge in [-0.15, -0.1) is 0 Å². The van der Waals surface area contributed by atoms with E-state index in [2.05, 4.69) is 5.32 Å². The highest BCUT2D eigenvalue weighted by Crippen LogP contribution is 2.51. The van der Waals surface area contributed by atoms with Crippen LogP contribution in [0.15, 0.2) is 48.0 Å². The molecule has 0 spiro atoms. The van der Waals surface area contributed by atoms with Gasteiger partial charge in [0.1, 0.15) is 18.0 Å². The summed E-state index contributed by atoms with van der Waals surface area (Å²) < 4.78 is 17.1. The first-order valence-electron chi connectivity index (χ1n) is 13.6. The third-order valence-electron chi connectivity index (χ3n) is 7.41. The summed E-state index contributed by atoms with van der Waals surface area (Å²) in [6.45, 7) is 1.78. The number of nitrogens with zero attached hydrogens (tertiary/aromatic N) is 1. The van der Waals surface area contributed by atoms with Crippen molar-refractivity contribution in [3.05, 3.63) is 64.7 Å². The largest absolute Gasteiger partial charge is 0.497 e. The van der Waals surface area contributed by atoms with E-state index in [1.807, 2.05) is 31.2 Å². The van der Waals surface area contributed by atoms with Crippen LogP contribution in [0.5, 0.6) is 17.2 Å². The van der Waals surface area contributed by atoms with Crippen LogP contribution in [0, 0.1) is 0 Å². The van der Waals surface area contributed by atoms with Gasteiger partial charge in [0.25, 0.3) is 0 Å². The molecular weight excluding hydrogens is 516 g/mol. The summed E-state index contributed by atoms with van der Waals surface area (Å²) in [4.78, 5) is 28.4. The fourth-order valence-corrected chi connectivity index (χ4v) is 5.49.